The Morgan fingerprint density at radius 2 is 1.47 bits per heavy atom. The fourth-order valence-electron chi connectivity index (χ4n) is 3.90. The maximum absolute atomic E-state index is 12.4. The average Bonchev–Trinajstić information content (AvgIpc) is 3.15. The second kappa shape index (κ2) is 14.9. The number of hydrogen-bond donors (Lipinski definition) is 1. The Kier molecular flexibility index (Phi) is 12.2. The normalized spacial score (nSPS) is 11.6. The Hall–Kier alpha value is -2.07. The third-order valence-corrected chi connectivity index (χ3v) is 7.07. The second-order valence-electron chi connectivity index (χ2n) is 8.64. The van der Waals surface area contributed by atoms with E-state index >= 15 is 0 Å². The van der Waals surface area contributed by atoms with Gasteiger partial charge < -0.3 is 4.42 Å². The van der Waals surface area contributed by atoms with Crippen LogP contribution in [0, 0.1) is 11.3 Å². The van der Waals surface area contributed by atoms with Crippen LogP contribution >= 0.6 is 0 Å². The quantitative estimate of drug-likeness (QED) is 0.238. The van der Waals surface area contributed by atoms with Gasteiger partial charge in [0.15, 0.2) is 5.58 Å². The third kappa shape index (κ3) is 10.5. The first-order valence-electron chi connectivity index (χ1n) is 12.3. The number of rotatable bonds is 18. The summed E-state index contributed by atoms with van der Waals surface area (Å²) in [5, 5.41) is 8.74. The van der Waals surface area contributed by atoms with Gasteiger partial charge in [-0.2, -0.15) is 5.26 Å². The van der Waals surface area contributed by atoms with E-state index in [4.69, 9.17) is 9.68 Å². The molecule has 6 nitrogen and oxygen atoms in total. The molecule has 0 bridgehead atoms. The van der Waals surface area contributed by atoms with Crippen molar-refractivity contribution >= 4 is 26.8 Å². The first-order chi connectivity index (χ1) is 15.5. The van der Waals surface area contributed by atoms with Crippen molar-refractivity contribution in [3.05, 3.63) is 24.1 Å². The molecule has 2 rings (SSSR count). The number of sulfonamides is 1. The van der Waals surface area contributed by atoms with Crippen molar-refractivity contribution in [2.24, 2.45) is 0 Å². The van der Waals surface area contributed by atoms with E-state index in [9.17, 15) is 8.42 Å². The molecule has 7 heteroatoms. The number of oxazole rings is 1. The van der Waals surface area contributed by atoms with Crippen molar-refractivity contribution in [2.75, 3.05) is 10.5 Å². The summed E-state index contributed by atoms with van der Waals surface area (Å²) in [4.78, 5) is 4.21. The number of hydrogen-bond acceptors (Lipinski definition) is 5. The monoisotopic (exact) mass is 461 g/mol. The highest BCUT2D eigenvalue weighted by Crippen LogP contribution is 2.21. The maximum atomic E-state index is 12.4. The van der Waals surface area contributed by atoms with Crippen LogP contribution in [0.1, 0.15) is 103 Å². The Labute approximate surface area is 193 Å². The number of benzene rings is 1. The fourth-order valence-corrected chi connectivity index (χ4v) is 5.07. The van der Waals surface area contributed by atoms with Crippen LogP contribution in [0.4, 0.5) is 5.69 Å². The van der Waals surface area contributed by atoms with E-state index < -0.39 is 10.0 Å². The lowest BCUT2D eigenvalue weighted by molar-refractivity contribution is 0.537. The molecule has 0 amide bonds. The van der Waals surface area contributed by atoms with E-state index in [-0.39, 0.29) is 12.2 Å². The van der Waals surface area contributed by atoms with E-state index in [2.05, 4.69) is 16.6 Å². The van der Waals surface area contributed by atoms with Crippen LogP contribution < -0.4 is 4.72 Å². The predicted molar refractivity (Wildman–Crippen MR) is 131 cm³/mol. The lowest BCUT2D eigenvalue weighted by atomic mass is 10.0. The van der Waals surface area contributed by atoms with Gasteiger partial charge in [0, 0.05) is 0 Å². The van der Waals surface area contributed by atoms with Gasteiger partial charge in [0.25, 0.3) is 0 Å². The first kappa shape index (κ1) is 26.2. The molecular weight excluding hydrogens is 422 g/mol. The summed E-state index contributed by atoms with van der Waals surface area (Å²) in [6, 6.07) is 6.96. The molecular formula is C25H39N3O3S. The van der Waals surface area contributed by atoms with Crippen molar-refractivity contribution < 1.29 is 12.8 Å². The Morgan fingerprint density at radius 1 is 0.906 bits per heavy atom. The lowest BCUT2D eigenvalue weighted by Gasteiger charge is -2.08. The van der Waals surface area contributed by atoms with Crippen LogP contribution in [0.15, 0.2) is 22.6 Å². The number of nitrogens with one attached hydrogen (secondary N) is 1. The summed E-state index contributed by atoms with van der Waals surface area (Å²) >= 11 is 0. The summed E-state index contributed by atoms with van der Waals surface area (Å²) in [5.41, 5.74) is 1.57. The van der Waals surface area contributed by atoms with E-state index in [0.717, 1.165) is 12.8 Å². The number of nitrogens with zero attached hydrogens (tertiary/aromatic N) is 2. The fraction of sp³-hybridized carbons (Fsp3) is 0.680. The summed E-state index contributed by atoms with van der Waals surface area (Å²) in [6.07, 6.45) is 17.5. The second-order valence-corrected chi connectivity index (χ2v) is 10.5. The lowest BCUT2D eigenvalue weighted by Crippen LogP contribution is -2.16. The van der Waals surface area contributed by atoms with Crippen molar-refractivity contribution in [2.45, 2.75) is 103 Å². The minimum Gasteiger partial charge on any atom is -0.440 e. The topological polar surface area (TPSA) is 96.0 Å². The zero-order valence-electron chi connectivity index (χ0n) is 19.6. The number of nitriles is 1. The molecule has 1 aromatic carbocycles. The molecule has 0 fully saturated rings. The summed E-state index contributed by atoms with van der Waals surface area (Å²) in [6.45, 7) is 2.26. The van der Waals surface area contributed by atoms with Crippen LogP contribution in [0.3, 0.4) is 0 Å². The van der Waals surface area contributed by atoms with E-state index in [0.29, 0.717) is 29.1 Å². The third-order valence-electron chi connectivity index (χ3n) is 5.70. The molecule has 0 unspecified atom stereocenters. The van der Waals surface area contributed by atoms with Gasteiger partial charge >= 0.3 is 0 Å². The minimum atomic E-state index is -3.38. The molecule has 0 atom stereocenters. The van der Waals surface area contributed by atoms with Gasteiger partial charge in [-0.25, -0.2) is 13.4 Å². The highest BCUT2D eigenvalue weighted by atomic mass is 32.2. The Balaban J connectivity index is 1.53. The largest absolute Gasteiger partial charge is 0.440 e. The molecule has 32 heavy (non-hydrogen) atoms. The molecule has 0 aliphatic heterocycles. The van der Waals surface area contributed by atoms with Crippen LogP contribution in [0.5, 0.6) is 0 Å². The van der Waals surface area contributed by atoms with Crippen molar-refractivity contribution in [3.8, 4) is 6.07 Å². The van der Waals surface area contributed by atoms with Crippen LogP contribution in [0.2, 0.25) is 0 Å². The molecule has 0 saturated heterocycles. The van der Waals surface area contributed by atoms with Gasteiger partial charge in [-0.05, 0) is 24.6 Å². The smallest absolute Gasteiger partial charge is 0.232 e. The van der Waals surface area contributed by atoms with Gasteiger partial charge in [0.2, 0.25) is 15.9 Å². The first-order valence-corrected chi connectivity index (χ1v) is 14.0. The van der Waals surface area contributed by atoms with Crippen LogP contribution in [-0.4, -0.2) is 19.2 Å². The summed E-state index contributed by atoms with van der Waals surface area (Å²) in [7, 11) is -3.38. The number of fused-ring (bicyclic) bond motifs is 1. The Morgan fingerprint density at radius 3 is 2.03 bits per heavy atom. The minimum absolute atomic E-state index is 0.0921. The molecule has 1 N–H and O–H groups in total. The molecule has 0 aliphatic carbocycles. The zero-order valence-corrected chi connectivity index (χ0v) is 20.4. The van der Waals surface area contributed by atoms with Crippen molar-refractivity contribution in [1.82, 2.24) is 4.98 Å². The van der Waals surface area contributed by atoms with Crippen molar-refractivity contribution in [3.63, 3.8) is 0 Å². The summed E-state index contributed by atoms with van der Waals surface area (Å²) in [5.74, 6) is 0.464. The molecule has 0 aliphatic rings. The highest BCUT2D eigenvalue weighted by molar-refractivity contribution is 7.92. The van der Waals surface area contributed by atoms with E-state index in [1.807, 2.05) is 6.07 Å². The van der Waals surface area contributed by atoms with E-state index in [1.54, 1.807) is 18.2 Å². The molecule has 0 radical (unpaired) electrons. The van der Waals surface area contributed by atoms with Crippen molar-refractivity contribution in [1.29, 1.82) is 5.26 Å². The molecule has 2 aromatic rings. The number of aromatic nitrogens is 1. The Bertz CT molecular complexity index is 932. The standard InChI is InChI=1S/C25H39N3O3S/c1-2-3-4-5-6-7-8-9-10-11-12-13-14-15-20-32(29,30)28-22-16-17-24-23(21-22)27-25(31-24)18-19-26/h16-17,21,28H,2-15,18,20H2,1H3. The SMILES string of the molecule is CCCCCCCCCCCCCCCCS(=O)(=O)Nc1ccc2oc(CC#N)nc2c1. The van der Waals surface area contributed by atoms with Gasteiger partial charge in [-0.1, -0.05) is 90.4 Å². The predicted octanol–water partition coefficient (Wildman–Crippen LogP) is 7.12. The average molecular weight is 462 g/mol. The zero-order chi connectivity index (χ0) is 23.1. The molecule has 1 aromatic heterocycles. The van der Waals surface area contributed by atoms with Gasteiger partial charge in [0.1, 0.15) is 11.9 Å². The van der Waals surface area contributed by atoms with Gasteiger partial charge in [-0.15, -0.1) is 0 Å². The molecule has 178 valence electrons. The van der Waals surface area contributed by atoms with Gasteiger partial charge in [-0.3, -0.25) is 4.72 Å². The summed E-state index contributed by atoms with van der Waals surface area (Å²) < 4.78 is 32.8. The molecule has 0 saturated carbocycles. The number of unbranched alkanes of at least 4 members (excludes halogenated alkanes) is 13. The highest BCUT2D eigenvalue weighted by Gasteiger charge is 2.12. The maximum Gasteiger partial charge on any atom is 0.232 e. The molecule has 1 heterocycles. The van der Waals surface area contributed by atoms with Crippen LogP contribution in [0.25, 0.3) is 11.1 Å². The van der Waals surface area contributed by atoms with Gasteiger partial charge in [0.05, 0.1) is 17.5 Å². The van der Waals surface area contributed by atoms with Crippen LogP contribution in [-0.2, 0) is 16.4 Å². The van der Waals surface area contributed by atoms with E-state index in [1.165, 1.54) is 70.6 Å². The molecule has 0 spiro atoms. The number of anilines is 1.